The maximum Gasteiger partial charge on any atom is 0.490 e. The van der Waals surface area contributed by atoms with Crippen LogP contribution in [-0.2, 0) is 4.79 Å². The molecule has 1 atom stereocenters. The van der Waals surface area contributed by atoms with E-state index < -0.39 is 12.1 Å². The molecular formula is C22H23ClF3N3O3. The SMILES string of the molecule is O=C(NC1CC1)c1cnc(N2CCCC(c3ccccc3)C2)c(Cl)c1.O=C(O)C(F)(F)F. The molecule has 2 N–H and O–H groups in total. The molecule has 4 rings (SSSR count). The molecule has 1 aromatic carbocycles. The Morgan fingerprint density at radius 1 is 1.16 bits per heavy atom. The second kappa shape index (κ2) is 10.2. The Bertz CT molecular complexity index is 952. The molecule has 172 valence electrons. The van der Waals surface area contributed by atoms with Crippen molar-refractivity contribution in [1.82, 2.24) is 10.3 Å². The van der Waals surface area contributed by atoms with Crippen LogP contribution in [-0.4, -0.2) is 47.3 Å². The standard InChI is InChI=1S/C20H22ClN3O.C2HF3O2/c21-18-11-16(20(25)23-17-8-9-17)12-22-19(18)24-10-4-7-15(13-24)14-5-2-1-3-6-14;3-2(4,5)1(6)7/h1-3,5-6,11-12,15,17H,4,7-10,13H2,(H,23,25);(H,6,7). The smallest absolute Gasteiger partial charge is 0.475 e. The van der Waals surface area contributed by atoms with Crippen molar-refractivity contribution in [2.75, 3.05) is 18.0 Å². The molecule has 2 aliphatic rings. The molecule has 0 radical (unpaired) electrons. The zero-order valence-electron chi connectivity index (χ0n) is 17.1. The third-order valence-corrected chi connectivity index (χ3v) is 5.51. The molecule has 1 aromatic heterocycles. The summed E-state index contributed by atoms with van der Waals surface area (Å²) in [6.45, 7) is 1.86. The number of alkyl halides is 3. The minimum absolute atomic E-state index is 0.0794. The number of benzene rings is 1. The number of carbonyl (C=O) groups excluding carboxylic acids is 1. The van der Waals surface area contributed by atoms with E-state index in [1.165, 1.54) is 12.0 Å². The average molecular weight is 470 g/mol. The molecule has 0 bridgehead atoms. The fraction of sp³-hybridized carbons (Fsp3) is 0.409. The number of pyridine rings is 1. The number of carboxylic acid groups (broad SMARTS) is 1. The molecule has 1 unspecified atom stereocenters. The van der Waals surface area contributed by atoms with Crippen molar-refractivity contribution in [3.63, 3.8) is 0 Å². The molecule has 10 heteroatoms. The van der Waals surface area contributed by atoms with Gasteiger partial charge in [-0.15, -0.1) is 0 Å². The van der Waals surface area contributed by atoms with E-state index in [0.717, 1.165) is 38.2 Å². The Morgan fingerprint density at radius 2 is 1.81 bits per heavy atom. The Hall–Kier alpha value is -2.81. The van der Waals surface area contributed by atoms with Gasteiger partial charge in [-0.1, -0.05) is 41.9 Å². The van der Waals surface area contributed by atoms with Gasteiger partial charge in [0, 0.05) is 31.2 Å². The van der Waals surface area contributed by atoms with Gasteiger partial charge in [0.25, 0.3) is 5.91 Å². The normalized spacial score (nSPS) is 18.4. The number of rotatable bonds is 4. The van der Waals surface area contributed by atoms with Gasteiger partial charge in [-0.25, -0.2) is 9.78 Å². The fourth-order valence-electron chi connectivity index (χ4n) is 3.45. The summed E-state index contributed by atoms with van der Waals surface area (Å²) in [5, 5.41) is 10.7. The minimum Gasteiger partial charge on any atom is -0.475 e. The first kappa shape index (κ1) is 23.8. The average Bonchev–Trinajstić information content (AvgIpc) is 3.58. The van der Waals surface area contributed by atoms with Crippen LogP contribution in [0.3, 0.4) is 0 Å². The zero-order valence-corrected chi connectivity index (χ0v) is 17.9. The van der Waals surface area contributed by atoms with E-state index in [-0.39, 0.29) is 5.91 Å². The van der Waals surface area contributed by atoms with Gasteiger partial charge in [0.1, 0.15) is 5.82 Å². The van der Waals surface area contributed by atoms with Gasteiger partial charge in [0.15, 0.2) is 0 Å². The molecule has 1 aliphatic heterocycles. The van der Waals surface area contributed by atoms with Crippen LogP contribution in [0.2, 0.25) is 5.02 Å². The lowest BCUT2D eigenvalue weighted by Gasteiger charge is -2.34. The summed E-state index contributed by atoms with van der Waals surface area (Å²) in [4.78, 5) is 27.8. The van der Waals surface area contributed by atoms with Gasteiger partial charge in [-0.3, -0.25) is 4.79 Å². The number of anilines is 1. The van der Waals surface area contributed by atoms with Crippen molar-refractivity contribution in [2.45, 2.75) is 43.8 Å². The molecule has 0 spiro atoms. The minimum atomic E-state index is -5.08. The van der Waals surface area contributed by atoms with Crippen molar-refractivity contribution >= 4 is 29.3 Å². The topological polar surface area (TPSA) is 82.5 Å². The number of carbonyl (C=O) groups is 2. The van der Waals surface area contributed by atoms with E-state index in [9.17, 15) is 18.0 Å². The highest BCUT2D eigenvalue weighted by Crippen LogP contribution is 2.32. The second-order valence-electron chi connectivity index (χ2n) is 7.78. The third kappa shape index (κ3) is 6.59. The van der Waals surface area contributed by atoms with Crippen LogP contribution in [0.4, 0.5) is 19.0 Å². The summed E-state index contributed by atoms with van der Waals surface area (Å²) in [7, 11) is 0. The van der Waals surface area contributed by atoms with Crippen LogP contribution in [0.5, 0.6) is 0 Å². The van der Waals surface area contributed by atoms with E-state index in [0.29, 0.717) is 22.5 Å². The lowest BCUT2D eigenvalue weighted by atomic mass is 9.91. The molecule has 2 fully saturated rings. The summed E-state index contributed by atoms with van der Waals surface area (Å²) < 4.78 is 31.7. The molecule has 1 saturated carbocycles. The number of hydrogen-bond acceptors (Lipinski definition) is 4. The predicted molar refractivity (Wildman–Crippen MR) is 114 cm³/mol. The van der Waals surface area contributed by atoms with Crippen LogP contribution >= 0.6 is 11.6 Å². The number of aromatic nitrogens is 1. The van der Waals surface area contributed by atoms with Crippen molar-refractivity contribution in [2.24, 2.45) is 0 Å². The first-order valence-corrected chi connectivity index (χ1v) is 10.6. The Balaban J connectivity index is 0.000000360. The van der Waals surface area contributed by atoms with Gasteiger partial charge in [-0.2, -0.15) is 13.2 Å². The number of halogens is 4. The van der Waals surface area contributed by atoms with Crippen LogP contribution < -0.4 is 10.2 Å². The Morgan fingerprint density at radius 3 is 2.38 bits per heavy atom. The molecule has 1 amide bonds. The molecule has 6 nitrogen and oxygen atoms in total. The second-order valence-corrected chi connectivity index (χ2v) is 8.18. The largest absolute Gasteiger partial charge is 0.490 e. The molecular weight excluding hydrogens is 447 g/mol. The van der Waals surface area contributed by atoms with Crippen LogP contribution in [0.1, 0.15) is 47.5 Å². The number of piperidine rings is 1. The van der Waals surface area contributed by atoms with Crippen molar-refractivity contribution in [1.29, 1.82) is 0 Å². The monoisotopic (exact) mass is 469 g/mol. The quantitative estimate of drug-likeness (QED) is 0.681. The highest BCUT2D eigenvalue weighted by molar-refractivity contribution is 6.33. The first-order chi connectivity index (χ1) is 15.1. The molecule has 1 aliphatic carbocycles. The van der Waals surface area contributed by atoms with Gasteiger partial charge < -0.3 is 15.3 Å². The lowest BCUT2D eigenvalue weighted by Crippen LogP contribution is -2.35. The maximum atomic E-state index is 12.1. The number of aliphatic carboxylic acids is 1. The maximum absolute atomic E-state index is 12.1. The number of nitrogens with zero attached hydrogens (tertiary/aromatic N) is 2. The highest BCUT2D eigenvalue weighted by atomic mass is 35.5. The predicted octanol–water partition coefficient (Wildman–Crippen LogP) is 4.64. The van der Waals surface area contributed by atoms with Gasteiger partial charge in [0.2, 0.25) is 0 Å². The van der Waals surface area contributed by atoms with Crippen LogP contribution in [0.15, 0.2) is 42.6 Å². The van der Waals surface area contributed by atoms with E-state index >= 15 is 0 Å². The van der Waals surface area contributed by atoms with E-state index in [1.807, 2.05) is 6.07 Å². The number of hydrogen-bond donors (Lipinski definition) is 2. The number of amides is 1. The zero-order chi connectivity index (χ0) is 23.3. The Labute approximate surface area is 188 Å². The van der Waals surface area contributed by atoms with E-state index in [2.05, 4.69) is 39.5 Å². The van der Waals surface area contributed by atoms with E-state index in [4.69, 9.17) is 21.5 Å². The summed E-state index contributed by atoms with van der Waals surface area (Å²) in [6, 6.07) is 12.7. The van der Waals surface area contributed by atoms with E-state index in [1.54, 1.807) is 12.3 Å². The van der Waals surface area contributed by atoms with Crippen molar-refractivity contribution in [3.05, 3.63) is 58.7 Å². The van der Waals surface area contributed by atoms with Crippen molar-refractivity contribution in [3.8, 4) is 0 Å². The lowest BCUT2D eigenvalue weighted by molar-refractivity contribution is -0.192. The number of carboxylic acids is 1. The summed E-state index contributed by atoms with van der Waals surface area (Å²) in [5.41, 5.74) is 1.90. The number of nitrogens with one attached hydrogen (secondary N) is 1. The van der Waals surface area contributed by atoms with Crippen LogP contribution in [0, 0.1) is 0 Å². The summed E-state index contributed by atoms with van der Waals surface area (Å²) >= 11 is 6.47. The fourth-order valence-corrected chi connectivity index (χ4v) is 3.74. The summed E-state index contributed by atoms with van der Waals surface area (Å²) in [6.07, 6.45) is 0.992. The molecule has 2 heterocycles. The molecule has 2 aromatic rings. The highest BCUT2D eigenvalue weighted by Gasteiger charge is 2.38. The summed E-state index contributed by atoms with van der Waals surface area (Å²) in [5.74, 6) is -1.56. The Kier molecular flexibility index (Phi) is 7.60. The van der Waals surface area contributed by atoms with Gasteiger partial charge >= 0.3 is 12.1 Å². The third-order valence-electron chi connectivity index (χ3n) is 5.23. The van der Waals surface area contributed by atoms with Gasteiger partial charge in [0.05, 0.1) is 10.6 Å². The van der Waals surface area contributed by atoms with Gasteiger partial charge in [-0.05, 0) is 37.3 Å². The van der Waals surface area contributed by atoms with Crippen LogP contribution in [0.25, 0.3) is 0 Å². The molecule has 1 saturated heterocycles. The first-order valence-electron chi connectivity index (χ1n) is 10.2. The van der Waals surface area contributed by atoms with Crippen molar-refractivity contribution < 1.29 is 27.9 Å². The molecule has 32 heavy (non-hydrogen) atoms.